The minimum Gasteiger partial charge on any atom is -0.495 e. The smallest absolute Gasteiger partial charge is 0.242 e. The van der Waals surface area contributed by atoms with E-state index in [0.717, 1.165) is 45.3 Å². The Kier molecular flexibility index (Phi) is 10.4. The molecule has 1 fully saturated rings. The number of rotatable bonds is 14. The van der Waals surface area contributed by atoms with Crippen molar-refractivity contribution < 1.29 is 17.9 Å². The van der Waals surface area contributed by atoms with Crippen LogP contribution in [0.4, 0.5) is 23.1 Å². The van der Waals surface area contributed by atoms with E-state index in [0.29, 0.717) is 29.5 Å². The molecule has 1 heterocycles. The van der Waals surface area contributed by atoms with E-state index < -0.39 is 10.0 Å². The Balaban J connectivity index is 1.52. The average Bonchev–Trinajstić information content (AvgIpc) is 3.46. The Bertz CT molecular complexity index is 1380. The first-order valence-corrected chi connectivity index (χ1v) is 15.4. The minimum atomic E-state index is -3.74. The van der Waals surface area contributed by atoms with Crippen molar-refractivity contribution >= 4 is 44.8 Å². The van der Waals surface area contributed by atoms with Gasteiger partial charge in [-0.25, -0.2) is 18.1 Å². The third-order valence-corrected chi connectivity index (χ3v) is 8.69. The summed E-state index contributed by atoms with van der Waals surface area (Å²) >= 11 is 6.41. The fourth-order valence-electron chi connectivity index (χ4n) is 4.60. The van der Waals surface area contributed by atoms with Gasteiger partial charge in [-0.1, -0.05) is 50.4 Å². The van der Waals surface area contributed by atoms with Crippen LogP contribution in [0, 0.1) is 0 Å². The monoisotopic (exact) mass is 588 g/mol. The van der Waals surface area contributed by atoms with E-state index >= 15 is 0 Å². The molecular formula is C28H37ClN6O4S. The highest BCUT2D eigenvalue weighted by molar-refractivity contribution is 7.89. The van der Waals surface area contributed by atoms with Crippen LogP contribution in [0.5, 0.6) is 11.5 Å². The number of likely N-dealkylation sites (N-methyl/N-ethyl adjacent to an activating group) is 1. The molecule has 1 aromatic heterocycles. The summed E-state index contributed by atoms with van der Waals surface area (Å²) in [5.41, 5.74) is 0.973. The van der Waals surface area contributed by atoms with Gasteiger partial charge in [0, 0.05) is 18.7 Å². The maximum atomic E-state index is 13.2. The Hall–Kier alpha value is -3.12. The van der Waals surface area contributed by atoms with Crippen molar-refractivity contribution in [2.24, 2.45) is 0 Å². The quantitative estimate of drug-likeness (QED) is 0.222. The van der Waals surface area contributed by atoms with E-state index in [1.165, 1.54) is 6.20 Å². The van der Waals surface area contributed by atoms with E-state index in [1.54, 1.807) is 31.4 Å². The molecule has 1 saturated carbocycles. The number of para-hydroxylation sites is 1. The number of nitrogens with zero attached hydrogens (tertiary/aromatic N) is 3. The summed E-state index contributed by atoms with van der Waals surface area (Å²) in [6, 6.07) is 12.1. The number of methoxy groups -OCH3 is 1. The Morgan fingerprint density at radius 2 is 1.80 bits per heavy atom. The first-order chi connectivity index (χ1) is 19.3. The molecule has 0 atom stereocenters. The van der Waals surface area contributed by atoms with Crippen LogP contribution < -0.4 is 24.8 Å². The summed E-state index contributed by atoms with van der Waals surface area (Å²) in [6.45, 7) is 7.55. The average molecular weight is 589 g/mol. The van der Waals surface area contributed by atoms with E-state index in [4.69, 9.17) is 21.1 Å². The fourth-order valence-corrected chi connectivity index (χ4v) is 6.21. The largest absolute Gasteiger partial charge is 0.495 e. The summed E-state index contributed by atoms with van der Waals surface area (Å²) in [6.07, 6.45) is 5.18. The van der Waals surface area contributed by atoms with Crippen LogP contribution in [0.25, 0.3) is 0 Å². The molecule has 10 nitrogen and oxygen atoms in total. The molecule has 0 aliphatic heterocycles. The van der Waals surface area contributed by atoms with Crippen molar-refractivity contribution in [1.82, 2.24) is 19.6 Å². The molecule has 40 heavy (non-hydrogen) atoms. The van der Waals surface area contributed by atoms with Crippen molar-refractivity contribution in [2.75, 3.05) is 44.0 Å². The van der Waals surface area contributed by atoms with Crippen molar-refractivity contribution in [3.05, 3.63) is 53.7 Å². The van der Waals surface area contributed by atoms with Gasteiger partial charge in [-0.3, -0.25) is 0 Å². The van der Waals surface area contributed by atoms with E-state index in [-0.39, 0.29) is 27.7 Å². The first-order valence-electron chi connectivity index (χ1n) is 13.5. The third kappa shape index (κ3) is 7.75. The highest BCUT2D eigenvalue weighted by Crippen LogP contribution is 2.33. The standard InChI is InChI=1S/C28H37ClN6O4S/c1-4-35(5-2)16-17-39-21-14-15-25(38-3)24(18-21)32-28-30-19-22(29)27(33-28)31-23-12-8-9-13-26(23)40(36,37)34-20-10-6-7-11-20/h8-9,12-15,18-20,34H,4-7,10-11,16-17H2,1-3H3,(H2,30,31,32,33). The molecule has 0 bridgehead atoms. The van der Waals surface area contributed by atoms with Crippen LogP contribution in [0.2, 0.25) is 5.02 Å². The normalized spacial score (nSPS) is 13.9. The molecule has 0 unspecified atom stereocenters. The van der Waals surface area contributed by atoms with Gasteiger partial charge >= 0.3 is 0 Å². The maximum Gasteiger partial charge on any atom is 0.242 e. The first kappa shape index (κ1) is 29.9. The fraction of sp³-hybridized carbons (Fsp3) is 0.429. The van der Waals surface area contributed by atoms with E-state index in [9.17, 15) is 8.42 Å². The van der Waals surface area contributed by atoms with Crippen molar-refractivity contribution in [3.63, 3.8) is 0 Å². The number of benzene rings is 2. The third-order valence-electron chi connectivity index (χ3n) is 6.84. The van der Waals surface area contributed by atoms with Crippen LogP contribution >= 0.6 is 11.6 Å². The van der Waals surface area contributed by atoms with Gasteiger partial charge in [0.2, 0.25) is 16.0 Å². The van der Waals surface area contributed by atoms with Gasteiger partial charge in [-0.05, 0) is 50.2 Å². The summed E-state index contributed by atoms with van der Waals surface area (Å²) in [5, 5.41) is 6.49. The van der Waals surface area contributed by atoms with Gasteiger partial charge in [-0.2, -0.15) is 4.98 Å². The summed E-state index contributed by atoms with van der Waals surface area (Å²) < 4.78 is 40.7. The second kappa shape index (κ2) is 14.0. The molecule has 0 spiro atoms. The Morgan fingerprint density at radius 3 is 2.52 bits per heavy atom. The molecule has 3 N–H and O–H groups in total. The molecule has 1 aliphatic carbocycles. The molecule has 3 aromatic rings. The lowest BCUT2D eigenvalue weighted by Crippen LogP contribution is -2.33. The number of aromatic nitrogens is 2. The molecule has 0 amide bonds. The zero-order chi connectivity index (χ0) is 28.5. The maximum absolute atomic E-state index is 13.2. The van der Waals surface area contributed by atoms with Gasteiger partial charge in [0.1, 0.15) is 28.0 Å². The van der Waals surface area contributed by atoms with Crippen LogP contribution in [0.15, 0.2) is 53.6 Å². The van der Waals surface area contributed by atoms with E-state index in [1.807, 2.05) is 18.2 Å². The van der Waals surface area contributed by atoms with Gasteiger partial charge < -0.3 is 25.0 Å². The van der Waals surface area contributed by atoms with Gasteiger partial charge in [0.15, 0.2) is 5.82 Å². The van der Waals surface area contributed by atoms with Gasteiger partial charge in [-0.15, -0.1) is 0 Å². The molecule has 12 heteroatoms. The Morgan fingerprint density at radius 1 is 1.05 bits per heavy atom. The number of hydrogen-bond donors (Lipinski definition) is 3. The lowest BCUT2D eigenvalue weighted by Gasteiger charge is -2.19. The number of halogens is 1. The molecule has 0 saturated heterocycles. The number of nitrogens with one attached hydrogen (secondary N) is 3. The van der Waals surface area contributed by atoms with Crippen LogP contribution in [0.1, 0.15) is 39.5 Å². The highest BCUT2D eigenvalue weighted by Gasteiger charge is 2.25. The van der Waals surface area contributed by atoms with Crippen molar-refractivity contribution in [2.45, 2.75) is 50.5 Å². The summed E-state index contributed by atoms with van der Waals surface area (Å²) in [4.78, 5) is 11.2. The van der Waals surface area contributed by atoms with Gasteiger partial charge in [0.25, 0.3) is 0 Å². The molecule has 216 valence electrons. The number of sulfonamides is 1. The predicted octanol–water partition coefficient (Wildman–Crippen LogP) is 5.57. The number of ether oxygens (including phenoxy) is 2. The molecule has 2 aromatic carbocycles. The lowest BCUT2D eigenvalue weighted by molar-refractivity contribution is 0.223. The highest BCUT2D eigenvalue weighted by atomic mass is 35.5. The zero-order valence-corrected chi connectivity index (χ0v) is 24.7. The lowest BCUT2D eigenvalue weighted by atomic mass is 10.2. The van der Waals surface area contributed by atoms with Crippen molar-refractivity contribution in [1.29, 1.82) is 0 Å². The molecular weight excluding hydrogens is 552 g/mol. The SMILES string of the molecule is CCN(CC)CCOc1ccc(OC)c(Nc2ncc(Cl)c(Nc3ccccc3S(=O)(=O)NC3CCCC3)n2)c1. The van der Waals surface area contributed by atoms with Crippen LogP contribution in [-0.4, -0.2) is 62.7 Å². The number of anilines is 4. The summed E-state index contributed by atoms with van der Waals surface area (Å²) in [5.74, 6) is 1.76. The van der Waals surface area contributed by atoms with Gasteiger partial charge in [0.05, 0.1) is 24.7 Å². The zero-order valence-electron chi connectivity index (χ0n) is 23.1. The van der Waals surface area contributed by atoms with Crippen LogP contribution in [-0.2, 0) is 10.0 Å². The van der Waals surface area contributed by atoms with Crippen LogP contribution in [0.3, 0.4) is 0 Å². The summed E-state index contributed by atoms with van der Waals surface area (Å²) in [7, 11) is -2.17. The minimum absolute atomic E-state index is 0.0524. The van der Waals surface area contributed by atoms with E-state index in [2.05, 4.69) is 44.1 Å². The second-order valence-electron chi connectivity index (χ2n) is 9.48. The second-order valence-corrected chi connectivity index (χ2v) is 11.6. The number of hydrogen-bond acceptors (Lipinski definition) is 9. The predicted molar refractivity (Wildman–Crippen MR) is 159 cm³/mol. The molecule has 1 aliphatic rings. The van der Waals surface area contributed by atoms with Crippen molar-refractivity contribution in [3.8, 4) is 11.5 Å². The molecule has 4 rings (SSSR count). The Labute approximate surface area is 241 Å². The topological polar surface area (TPSA) is 118 Å². The molecule has 0 radical (unpaired) electrons.